The van der Waals surface area contributed by atoms with Crippen LogP contribution in [0.25, 0.3) is 10.1 Å². The zero-order valence-electron chi connectivity index (χ0n) is 14.8. The SMILES string of the molecule is CCC1CCc2c(sc3cc(N(C)c4ccccc4)ccc3c2=O)C1. The minimum Gasteiger partial charge on any atom is -0.345 e. The van der Waals surface area contributed by atoms with Crippen molar-refractivity contribution in [2.45, 2.75) is 32.6 Å². The summed E-state index contributed by atoms with van der Waals surface area (Å²) in [6.45, 7) is 2.26. The van der Waals surface area contributed by atoms with E-state index in [9.17, 15) is 4.79 Å². The molecule has 128 valence electrons. The molecule has 0 N–H and O–H groups in total. The molecule has 2 aromatic carbocycles. The molecule has 0 spiro atoms. The number of nitrogens with zero attached hydrogens (tertiary/aromatic N) is 1. The maximum atomic E-state index is 12.9. The summed E-state index contributed by atoms with van der Waals surface area (Å²) >= 11 is 1.82. The molecule has 1 aromatic heterocycles. The van der Waals surface area contributed by atoms with Gasteiger partial charge in [-0.15, -0.1) is 11.3 Å². The molecule has 1 unspecified atom stereocenters. The van der Waals surface area contributed by atoms with Crippen LogP contribution in [0.1, 0.15) is 30.2 Å². The van der Waals surface area contributed by atoms with Gasteiger partial charge in [0.1, 0.15) is 0 Å². The van der Waals surface area contributed by atoms with E-state index in [1.54, 1.807) is 0 Å². The smallest absolute Gasteiger partial charge is 0.191 e. The quantitative estimate of drug-likeness (QED) is 0.618. The second-order valence-corrected chi connectivity index (χ2v) is 8.06. The number of rotatable bonds is 3. The molecule has 0 bridgehead atoms. The lowest BCUT2D eigenvalue weighted by molar-refractivity contribution is 0.448. The summed E-state index contributed by atoms with van der Waals surface area (Å²) in [5.41, 5.74) is 3.61. The van der Waals surface area contributed by atoms with E-state index in [0.717, 1.165) is 52.2 Å². The van der Waals surface area contributed by atoms with Crippen molar-refractivity contribution < 1.29 is 0 Å². The van der Waals surface area contributed by atoms with Crippen LogP contribution < -0.4 is 10.3 Å². The Labute approximate surface area is 152 Å². The van der Waals surface area contributed by atoms with Crippen LogP contribution in [0.4, 0.5) is 11.4 Å². The summed E-state index contributed by atoms with van der Waals surface area (Å²) in [7, 11) is 2.07. The molecule has 0 saturated heterocycles. The molecule has 25 heavy (non-hydrogen) atoms. The van der Waals surface area contributed by atoms with Gasteiger partial charge in [0.05, 0.1) is 0 Å². The zero-order chi connectivity index (χ0) is 17.4. The van der Waals surface area contributed by atoms with E-state index in [0.29, 0.717) is 0 Å². The summed E-state index contributed by atoms with van der Waals surface area (Å²) < 4.78 is 1.11. The fraction of sp³-hybridized carbons (Fsp3) is 0.318. The maximum absolute atomic E-state index is 12.9. The molecule has 3 heteroatoms. The van der Waals surface area contributed by atoms with Crippen molar-refractivity contribution in [3.8, 4) is 0 Å². The largest absolute Gasteiger partial charge is 0.345 e. The maximum Gasteiger partial charge on any atom is 0.191 e. The third-order valence-corrected chi connectivity index (χ3v) is 6.66. The van der Waals surface area contributed by atoms with Crippen molar-refractivity contribution in [1.82, 2.24) is 0 Å². The Bertz CT molecular complexity index is 961. The first-order valence-corrected chi connectivity index (χ1v) is 9.86. The van der Waals surface area contributed by atoms with Gasteiger partial charge in [-0.25, -0.2) is 0 Å². The normalized spacial score (nSPS) is 16.6. The second kappa shape index (κ2) is 6.64. The van der Waals surface area contributed by atoms with Crippen molar-refractivity contribution in [2.75, 3.05) is 11.9 Å². The average Bonchev–Trinajstić information content (AvgIpc) is 2.67. The topological polar surface area (TPSA) is 20.3 Å². The van der Waals surface area contributed by atoms with Crippen LogP contribution in [-0.2, 0) is 12.8 Å². The molecular weight excluding hydrogens is 326 g/mol. The molecule has 0 amide bonds. The van der Waals surface area contributed by atoms with Crippen molar-refractivity contribution in [3.05, 3.63) is 69.2 Å². The van der Waals surface area contributed by atoms with Crippen LogP contribution >= 0.6 is 11.3 Å². The summed E-state index contributed by atoms with van der Waals surface area (Å²) in [6.07, 6.45) is 4.38. The molecule has 3 aromatic rings. The highest BCUT2D eigenvalue weighted by atomic mass is 32.1. The summed E-state index contributed by atoms with van der Waals surface area (Å²) in [5, 5.41) is 0.879. The zero-order valence-corrected chi connectivity index (χ0v) is 15.6. The van der Waals surface area contributed by atoms with Crippen LogP contribution in [0.2, 0.25) is 0 Å². The lowest BCUT2D eigenvalue weighted by Crippen LogP contribution is -2.20. The molecule has 1 aliphatic carbocycles. The molecular formula is C22H23NOS. The molecule has 1 atom stereocenters. The number of hydrogen-bond donors (Lipinski definition) is 0. The first-order valence-electron chi connectivity index (χ1n) is 9.04. The van der Waals surface area contributed by atoms with Gasteiger partial charge in [0.2, 0.25) is 0 Å². The van der Waals surface area contributed by atoms with E-state index >= 15 is 0 Å². The molecule has 4 rings (SSSR count). The van der Waals surface area contributed by atoms with Gasteiger partial charge in [0, 0.05) is 38.9 Å². The number of anilines is 2. The van der Waals surface area contributed by atoms with E-state index in [1.807, 2.05) is 35.6 Å². The van der Waals surface area contributed by atoms with Crippen LogP contribution in [0, 0.1) is 5.92 Å². The van der Waals surface area contributed by atoms with Crippen LogP contribution in [0.15, 0.2) is 53.3 Å². The van der Waals surface area contributed by atoms with Gasteiger partial charge < -0.3 is 4.90 Å². The lowest BCUT2D eigenvalue weighted by Gasteiger charge is -2.23. The van der Waals surface area contributed by atoms with E-state index in [-0.39, 0.29) is 5.43 Å². The van der Waals surface area contributed by atoms with Gasteiger partial charge in [0.25, 0.3) is 0 Å². The number of hydrogen-bond acceptors (Lipinski definition) is 3. The van der Waals surface area contributed by atoms with Gasteiger partial charge in [-0.2, -0.15) is 0 Å². The third-order valence-electron chi connectivity index (χ3n) is 5.44. The van der Waals surface area contributed by atoms with Gasteiger partial charge in [0.15, 0.2) is 5.43 Å². The van der Waals surface area contributed by atoms with Crippen LogP contribution in [0.3, 0.4) is 0 Å². The fourth-order valence-electron chi connectivity index (χ4n) is 3.75. The van der Waals surface area contributed by atoms with E-state index < -0.39 is 0 Å². The highest BCUT2D eigenvalue weighted by Gasteiger charge is 2.22. The number of fused-ring (bicyclic) bond motifs is 2. The summed E-state index contributed by atoms with van der Waals surface area (Å²) in [5.74, 6) is 0.732. The molecule has 1 aliphatic rings. The van der Waals surface area contributed by atoms with Gasteiger partial charge in [-0.3, -0.25) is 4.79 Å². The lowest BCUT2D eigenvalue weighted by atomic mass is 9.87. The second-order valence-electron chi connectivity index (χ2n) is 6.93. The third kappa shape index (κ3) is 2.98. The molecule has 0 aliphatic heterocycles. The Hall–Kier alpha value is -2.13. The van der Waals surface area contributed by atoms with Crippen molar-refractivity contribution in [3.63, 3.8) is 0 Å². The highest BCUT2D eigenvalue weighted by molar-refractivity contribution is 7.18. The van der Waals surface area contributed by atoms with Crippen molar-refractivity contribution in [1.29, 1.82) is 0 Å². The molecule has 0 fully saturated rings. The van der Waals surface area contributed by atoms with Crippen LogP contribution in [0.5, 0.6) is 0 Å². The molecule has 2 nitrogen and oxygen atoms in total. The Balaban J connectivity index is 1.79. The standard InChI is InChI=1S/C22H23NOS/c1-3-15-9-11-18-20(13-15)25-21-14-17(10-12-19(21)22(18)24)23(2)16-7-5-4-6-8-16/h4-8,10,12,14-15H,3,9,11,13H2,1-2H3. The first-order chi connectivity index (χ1) is 12.2. The van der Waals surface area contributed by atoms with Gasteiger partial charge in [-0.1, -0.05) is 31.5 Å². The molecule has 0 radical (unpaired) electrons. The Morgan fingerprint density at radius 2 is 1.92 bits per heavy atom. The van der Waals surface area contributed by atoms with E-state index in [2.05, 4.69) is 43.1 Å². The fourth-order valence-corrected chi connectivity index (χ4v) is 5.11. The predicted molar refractivity (Wildman–Crippen MR) is 108 cm³/mol. The van der Waals surface area contributed by atoms with E-state index in [4.69, 9.17) is 0 Å². The summed E-state index contributed by atoms with van der Waals surface area (Å²) in [6, 6.07) is 16.6. The highest BCUT2D eigenvalue weighted by Crippen LogP contribution is 2.34. The Morgan fingerprint density at radius 1 is 1.12 bits per heavy atom. The number of benzene rings is 2. The number of para-hydroxylation sites is 1. The minimum atomic E-state index is 0.257. The van der Waals surface area contributed by atoms with Crippen molar-refractivity contribution >= 4 is 32.8 Å². The monoisotopic (exact) mass is 349 g/mol. The summed E-state index contributed by atoms with van der Waals surface area (Å²) in [4.78, 5) is 16.4. The minimum absolute atomic E-state index is 0.257. The van der Waals surface area contributed by atoms with Crippen LogP contribution in [-0.4, -0.2) is 7.05 Å². The Morgan fingerprint density at radius 3 is 2.68 bits per heavy atom. The first kappa shape index (κ1) is 16.3. The van der Waals surface area contributed by atoms with Crippen molar-refractivity contribution in [2.24, 2.45) is 5.92 Å². The van der Waals surface area contributed by atoms with Gasteiger partial charge >= 0.3 is 0 Å². The van der Waals surface area contributed by atoms with E-state index in [1.165, 1.54) is 11.3 Å². The Kier molecular flexibility index (Phi) is 4.34. The molecule has 0 saturated carbocycles. The van der Waals surface area contributed by atoms with Gasteiger partial charge in [-0.05, 0) is 55.5 Å². The predicted octanol–water partition coefficient (Wildman–Crippen LogP) is 5.54. The molecule has 1 heterocycles. The average molecular weight is 349 g/mol.